The van der Waals surface area contributed by atoms with Crippen molar-refractivity contribution in [3.8, 4) is 16.9 Å². The number of rotatable bonds is 2. The Labute approximate surface area is 104 Å². The number of hydrogen-bond donors (Lipinski definition) is 1. The lowest BCUT2D eigenvalue weighted by atomic mass is 10.0. The lowest BCUT2D eigenvalue weighted by Crippen LogP contribution is -1.92. The Kier molecular flexibility index (Phi) is 3.20. The van der Waals surface area contributed by atoms with Crippen LogP contribution in [0.25, 0.3) is 11.1 Å². The fourth-order valence-electron chi connectivity index (χ4n) is 1.63. The van der Waals surface area contributed by atoms with E-state index in [-0.39, 0.29) is 5.82 Å². The van der Waals surface area contributed by atoms with Crippen molar-refractivity contribution >= 4 is 17.3 Å². The Hall–Kier alpha value is -1.74. The second kappa shape index (κ2) is 4.63. The number of hydrogen-bond acceptors (Lipinski definition) is 2. The van der Waals surface area contributed by atoms with Crippen molar-refractivity contribution in [2.45, 2.75) is 0 Å². The molecular weight excluding hydrogens is 241 g/mol. The van der Waals surface area contributed by atoms with E-state index >= 15 is 0 Å². The number of halogens is 2. The van der Waals surface area contributed by atoms with Gasteiger partial charge in [-0.1, -0.05) is 17.7 Å². The summed E-state index contributed by atoms with van der Waals surface area (Å²) in [5.41, 5.74) is 7.78. The smallest absolute Gasteiger partial charge is 0.141 e. The summed E-state index contributed by atoms with van der Waals surface area (Å²) in [6.45, 7) is 0. The van der Waals surface area contributed by atoms with Crippen LogP contribution in [0.1, 0.15) is 0 Å². The molecule has 17 heavy (non-hydrogen) atoms. The summed E-state index contributed by atoms with van der Waals surface area (Å²) in [6, 6.07) is 9.63. The number of ether oxygens (including phenoxy) is 1. The van der Waals surface area contributed by atoms with Crippen LogP contribution in [0.3, 0.4) is 0 Å². The minimum Gasteiger partial charge on any atom is -0.495 e. The van der Waals surface area contributed by atoms with E-state index in [2.05, 4.69) is 0 Å². The summed E-state index contributed by atoms with van der Waals surface area (Å²) in [4.78, 5) is 0. The Morgan fingerprint density at radius 1 is 1.12 bits per heavy atom. The molecule has 0 aliphatic heterocycles. The maximum atomic E-state index is 13.2. The molecule has 0 atom stereocenters. The molecule has 0 bridgehead atoms. The predicted molar refractivity (Wildman–Crippen MR) is 67.8 cm³/mol. The molecule has 4 heteroatoms. The molecule has 0 unspecified atom stereocenters. The first-order chi connectivity index (χ1) is 8.10. The first-order valence-electron chi connectivity index (χ1n) is 5.00. The van der Waals surface area contributed by atoms with E-state index in [1.807, 2.05) is 0 Å². The van der Waals surface area contributed by atoms with E-state index in [0.29, 0.717) is 22.0 Å². The number of nitrogens with two attached hydrogens (primary N) is 1. The molecule has 0 saturated heterocycles. The fourth-order valence-corrected chi connectivity index (χ4v) is 1.86. The van der Waals surface area contributed by atoms with Gasteiger partial charge in [-0.25, -0.2) is 4.39 Å². The highest BCUT2D eigenvalue weighted by atomic mass is 35.5. The predicted octanol–water partition coefficient (Wildman–Crippen LogP) is 3.74. The molecule has 0 fully saturated rings. The standard InChI is InChI=1S/C13H11ClFNO/c1-17-13-3-2-8(6-12(13)16)9-4-10(14)7-11(15)5-9/h2-7H,16H2,1H3. The zero-order valence-electron chi connectivity index (χ0n) is 9.21. The lowest BCUT2D eigenvalue weighted by molar-refractivity contribution is 0.417. The van der Waals surface area contributed by atoms with Crippen molar-refractivity contribution in [2.24, 2.45) is 0 Å². The zero-order chi connectivity index (χ0) is 12.4. The molecule has 2 aromatic carbocycles. The fraction of sp³-hybridized carbons (Fsp3) is 0.0769. The van der Waals surface area contributed by atoms with Crippen LogP contribution >= 0.6 is 11.6 Å². The van der Waals surface area contributed by atoms with E-state index < -0.39 is 0 Å². The number of nitrogen functional groups attached to an aromatic ring is 1. The first-order valence-corrected chi connectivity index (χ1v) is 5.38. The molecule has 0 amide bonds. The zero-order valence-corrected chi connectivity index (χ0v) is 9.96. The third-order valence-corrected chi connectivity index (χ3v) is 2.64. The van der Waals surface area contributed by atoms with Gasteiger partial charge in [-0.3, -0.25) is 0 Å². The quantitative estimate of drug-likeness (QED) is 0.826. The Morgan fingerprint density at radius 3 is 2.47 bits per heavy atom. The summed E-state index contributed by atoms with van der Waals surface area (Å²) in [5, 5.41) is 0.356. The van der Waals surface area contributed by atoms with E-state index in [4.69, 9.17) is 22.1 Å². The molecule has 0 saturated carbocycles. The van der Waals surface area contributed by atoms with Gasteiger partial charge in [-0.15, -0.1) is 0 Å². The van der Waals surface area contributed by atoms with Gasteiger partial charge in [0, 0.05) is 5.02 Å². The van der Waals surface area contributed by atoms with Gasteiger partial charge in [0.2, 0.25) is 0 Å². The molecule has 0 heterocycles. The van der Waals surface area contributed by atoms with Gasteiger partial charge in [0.15, 0.2) is 0 Å². The highest BCUT2D eigenvalue weighted by molar-refractivity contribution is 6.30. The molecule has 0 spiro atoms. The summed E-state index contributed by atoms with van der Waals surface area (Å²) in [6.07, 6.45) is 0. The van der Waals surface area contributed by atoms with Gasteiger partial charge in [-0.05, 0) is 41.5 Å². The molecule has 88 valence electrons. The minimum absolute atomic E-state index is 0.356. The second-order valence-electron chi connectivity index (χ2n) is 3.61. The summed E-state index contributed by atoms with van der Waals surface area (Å²) in [7, 11) is 1.55. The number of anilines is 1. The van der Waals surface area contributed by atoms with Crippen LogP contribution in [-0.2, 0) is 0 Å². The van der Waals surface area contributed by atoms with Crippen LogP contribution in [-0.4, -0.2) is 7.11 Å². The second-order valence-corrected chi connectivity index (χ2v) is 4.05. The van der Waals surface area contributed by atoms with Crippen LogP contribution in [0.5, 0.6) is 5.75 Å². The molecular formula is C13H11ClFNO. The van der Waals surface area contributed by atoms with E-state index in [9.17, 15) is 4.39 Å². The largest absolute Gasteiger partial charge is 0.495 e. The molecule has 0 aliphatic rings. The highest BCUT2D eigenvalue weighted by Crippen LogP contribution is 2.30. The van der Waals surface area contributed by atoms with Crippen LogP contribution in [0.15, 0.2) is 36.4 Å². The molecule has 2 nitrogen and oxygen atoms in total. The van der Waals surface area contributed by atoms with Crippen LogP contribution in [0, 0.1) is 5.82 Å². The molecule has 0 aromatic heterocycles. The van der Waals surface area contributed by atoms with Gasteiger partial charge < -0.3 is 10.5 Å². The van der Waals surface area contributed by atoms with E-state index in [1.165, 1.54) is 12.1 Å². The maximum Gasteiger partial charge on any atom is 0.141 e. The average Bonchev–Trinajstić information content (AvgIpc) is 2.27. The Balaban J connectivity index is 2.49. The van der Waals surface area contributed by atoms with Crippen molar-refractivity contribution < 1.29 is 9.13 Å². The van der Waals surface area contributed by atoms with Gasteiger partial charge in [0.05, 0.1) is 12.8 Å². The Bertz CT molecular complexity index is 537. The van der Waals surface area contributed by atoms with Crippen molar-refractivity contribution in [3.05, 3.63) is 47.2 Å². The van der Waals surface area contributed by atoms with Crippen LogP contribution in [0.4, 0.5) is 10.1 Å². The number of benzene rings is 2. The maximum absolute atomic E-state index is 13.2. The molecule has 2 N–H and O–H groups in total. The van der Waals surface area contributed by atoms with Crippen LogP contribution < -0.4 is 10.5 Å². The summed E-state index contributed by atoms with van der Waals surface area (Å²) >= 11 is 5.80. The topological polar surface area (TPSA) is 35.2 Å². The average molecular weight is 252 g/mol. The van der Waals surface area contributed by atoms with Gasteiger partial charge in [0.1, 0.15) is 11.6 Å². The van der Waals surface area contributed by atoms with E-state index in [1.54, 1.807) is 31.4 Å². The van der Waals surface area contributed by atoms with Gasteiger partial charge in [0.25, 0.3) is 0 Å². The van der Waals surface area contributed by atoms with Crippen molar-refractivity contribution in [1.82, 2.24) is 0 Å². The number of methoxy groups -OCH3 is 1. The van der Waals surface area contributed by atoms with Crippen LogP contribution in [0.2, 0.25) is 5.02 Å². The third-order valence-electron chi connectivity index (χ3n) is 2.43. The Morgan fingerprint density at radius 2 is 1.88 bits per heavy atom. The van der Waals surface area contributed by atoms with Gasteiger partial charge in [-0.2, -0.15) is 0 Å². The normalized spacial score (nSPS) is 10.3. The molecule has 2 rings (SSSR count). The first kappa shape index (κ1) is 11.7. The van der Waals surface area contributed by atoms with Crippen molar-refractivity contribution in [1.29, 1.82) is 0 Å². The molecule has 2 aromatic rings. The van der Waals surface area contributed by atoms with Gasteiger partial charge >= 0.3 is 0 Å². The van der Waals surface area contributed by atoms with Crippen molar-refractivity contribution in [3.63, 3.8) is 0 Å². The lowest BCUT2D eigenvalue weighted by Gasteiger charge is -2.08. The van der Waals surface area contributed by atoms with E-state index in [0.717, 1.165) is 5.56 Å². The molecule has 0 aliphatic carbocycles. The monoisotopic (exact) mass is 251 g/mol. The van der Waals surface area contributed by atoms with Crippen molar-refractivity contribution in [2.75, 3.05) is 12.8 Å². The summed E-state index contributed by atoms with van der Waals surface area (Å²) < 4.78 is 18.3. The SMILES string of the molecule is COc1ccc(-c2cc(F)cc(Cl)c2)cc1N. The third kappa shape index (κ3) is 2.50. The molecule has 0 radical (unpaired) electrons. The highest BCUT2D eigenvalue weighted by Gasteiger charge is 2.05. The minimum atomic E-state index is -0.373. The summed E-state index contributed by atoms with van der Waals surface area (Å²) in [5.74, 6) is 0.220.